The van der Waals surface area contributed by atoms with Crippen molar-refractivity contribution in [1.29, 1.82) is 0 Å². The summed E-state index contributed by atoms with van der Waals surface area (Å²) in [5.41, 5.74) is 3.62. The normalized spacial score (nSPS) is 12.6. The summed E-state index contributed by atoms with van der Waals surface area (Å²) in [6.07, 6.45) is 1.97. The van der Waals surface area contributed by atoms with Crippen molar-refractivity contribution in [2.24, 2.45) is 0 Å². The standard InChI is InChI=1S/C20H20N2O3/c1-21-19(24)12-9-13-5-2-3-8-17(13)22-20(25)16-7-4-6-15-14(16)10-11-18(15)23/h2-8H,9-12H2,1H3,(H,21,24)(H,22,25). The van der Waals surface area contributed by atoms with E-state index in [1.54, 1.807) is 25.2 Å². The van der Waals surface area contributed by atoms with Crippen LogP contribution in [0.25, 0.3) is 0 Å². The highest BCUT2D eigenvalue weighted by atomic mass is 16.2. The number of rotatable bonds is 5. The molecule has 0 aromatic heterocycles. The summed E-state index contributed by atoms with van der Waals surface area (Å²) in [5, 5.41) is 5.53. The molecule has 2 amide bonds. The summed E-state index contributed by atoms with van der Waals surface area (Å²) in [6, 6.07) is 12.7. The largest absolute Gasteiger partial charge is 0.359 e. The SMILES string of the molecule is CNC(=O)CCc1ccccc1NC(=O)c1cccc2c1CCC2=O. The Morgan fingerprint density at radius 2 is 1.84 bits per heavy atom. The Hall–Kier alpha value is -2.95. The number of benzene rings is 2. The fourth-order valence-corrected chi connectivity index (χ4v) is 3.13. The summed E-state index contributed by atoms with van der Waals surface area (Å²) < 4.78 is 0. The van der Waals surface area contributed by atoms with Crippen LogP contribution in [0.2, 0.25) is 0 Å². The maximum Gasteiger partial charge on any atom is 0.255 e. The summed E-state index contributed by atoms with van der Waals surface area (Å²) in [5.74, 6) is -0.171. The zero-order valence-corrected chi connectivity index (χ0v) is 14.1. The molecule has 2 aromatic rings. The lowest BCUT2D eigenvalue weighted by Gasteiger charge is -2.12. The first kappa shape index (κ1) is 16.9. The fraction of sp³-hybridized carbons (Fsp3) is 0.250. The van der Waals surface area contributed by atoms with E-state index in [0.29, 0.717) is 42.5 Å². The lowest BCUT2D eigenvalue weighted by Crippen LogP contribution is -2.19. The molecule has 1 aliphatic carbocycles. The van der Waals surface area contributed by atoms with E-state index in [0.717, 1.165) is 11.1 Å². The van der Waals surface area contributed by atoms with Crippen molar-refractivity contribution in [2.75, 3.05) is 12.4 Å². The minimum Gasteiger partial charge on any atom is -0.359 e. The third kappa shape index (κ3) is 3.60. The Morgan fingerprint density at radius 3 is 2.64 bits per heavy atom. The number of hydrogen-bond acceptors (Lipinski definition) is 3. The molecule has 0 heterocycles. The van der Waals surface area contributed by atoms with Gasteiger partial charge in [-0.2, -0.15) is 0 Å². The average Bonchev–Trinajstić information content (AvgIpc) is 3.02. The first-order valence-corrected chi connectivity index (χ1v) is 8.35. The highest BCUT2D eigenvalue weighted by molar-refractivity contribution is 6.10. The molecule has 0 saturated heterocycles. The van der Waals surface area contributed by atoms with E-state index < -0.39 is 0 Å². The molecule has 0 radical (unpaired) electrons. The van der Waals surface area contributed by atoms with Gasteiger partial charge in [0.2, 0.25) is 5.91 Å². The van der Waals surface area contributed by atoms with Crippen LogP contribution >= 0.6 is 0 Å². The Kier molecular flexibility index (Phi) is 4.93. The number of carbonyl (C=O) groups is 3. The number of anilines is 1. The lowest BCUT2D eigenvalue weighted by molar-refractivity contribution is -0.120. The highest BCUT2D eigenvalue weighted by Crippen LogP contribution is 2.26. The molecule has 1 aliphatic rings. The van der Waals surface area contributed by atoms with Crippen molar-refractivity contribution in [3.8, 4) is 0 Å². The zero-order valence-electron chi connectivity index (χ0n) is 14.1. The van der Waals surface area contributed by atoms with Gasteiger partial charge in [-0.3, -0.25) is 14.4 Å². The topological polar surface area (TPSA) is 75.3 Å². The third-order valence-corrected chi connectivity index (χ3v) is 4.49. The Morgan fingerprint density at radius 1 is 1.04 bits per heavy atom. The molecule has 5 heteroatoms. The second-order valence-electron chi connectivity index (χ2n) is 6.04. The predicted molar refractivity (Wildman–Crippen MR) is 95.9 cm³/mol. The monoisotopic (exact) mass is 336 g/mol. The van der Waals surface area contributed by atoms with Crippen molar-refractivity contribution in [2.45, 2.75) is 25.7 Å². The van der Waals surface area contributed by atoms with Crippen LogP contribution in [0.5, 0.6) is 0 Å². The third-order valence-electron chi connectivity index (χ3n) is 4.49. The second-order valence-corrected chi connectivity index (χ2v) is 6.04. The van der Waals surface area contributed by atoms with Crippen molar-refractivity contribution in [3.05, 3.63) is 64.7 Å². The van der Waals surface area contributed by atoms with E-state index in [1.807, 2.05) is 24.3 Å². The van der Waals surface area contributed by atoms with Crippen molar-refractivity contribution in [1.82, 2.24) is 5.32 Å². The maximum atomic E-state index is 12.7. The Balaban J connectivity index is 1.81. The molecular formula is C20H20N2O3. The van der Waals surface area contributed by atoms with Gasteiger partial charge in [-0.25, -0.2) is 0 Å². The zero-order chi connectivity index (χ0) is 17.8. The van der Waals surface area contributed by atoms with E-state index in [4.69, 9.17) is 0 Å². The number of amides is 2. The maximum absolute atomic E-state index is 12.7. The number of ketones is 1. The number of nitrogens with one attached hydrogen (secondary N) is 2. The Bertz CT molecular complexity index is 843. The van der Waals surface area contributed by atoms with Gasteiger partial charge < -0.3 is 10.6 Å². The number of para-hydroxylation sites is 1. The van der Waals surface area contributed by atoms with Crippen LogP contribution < -0.4 is 10.6 Å². The summed E-state index contributed by atoms with van der Waals surface area (Å²) in [6.45, 7) is 0. The average molecular weight is 336 g/mol. The molecule has 2 aromatic carbocycles. The number of hydrogen-bond donors (Lipinski definition) is 2. The number of carbonyl (C=O) groups excluding carboxylic acids is 3. The first-order chi connectivity index (χ1) is 12.1. The molecule has 3 rings (SSSR count). The molecule has 5 nitrogen and oxygen atoms in total. The van der Waals surface area contributed by atoms with Gasteiger partial charge in [0.15, 0.2) is 5.78 Å². The number of Topliss-reactive ketones (excluding diaryl/α,β-unsaturated/α-hetero) is 1. The summed E-state index contributed by atoms with van der Waals surface area (Å²) in [7, 11) is 1.60. The van der Waals surface area contributed by atoms with E-state index in [2.05, 4.69) is 10.6 Å². The predicted octanol–water partition coefficient (Wildman–Crippen LogP) is 2.75. The number of aryl methyl sites for hydroxylation is 1. The molecule has 0 aliphatic heterocycles. The summed E-state index contributed by atoms with van der Waals surface area (Å²) >= 11 is 0. The Labute approximate surface area is 146 Å². The molecule has 2 N–H and O–H groups in total. The molecule has 128 valence electrons. The van der Waals surface area contributed by atoms with Gasteiger partial charge in [-0.1, -0.05) is 30.3 Å². The molecular weight excluding hydrogens is 316 g/mol. The molecule has 0 spiro atoms. The smallest absolute Gasteiger partial charge is 0.255 e. The van der Waals surface area contributed by atoms with Gasteiger partial charge in [0.25, 0.3) is 5.91 Å². The van der Waals surface area contributed by atoms with Crippen molar-refractivity contribution in [3.63, 3.8) is 0 Å². The molecule has 25 heavy (non-hydrogen) atoms. The molecule has 0 fully saturated rings. The van der Waals surface area contributed by atoms with Gasteiger partial charge in [0.1, 0.15) is 0 Å². The van der Waals surface area contributed by atoms with Gasteiger partial charge >= 0.3 is 0 Å². The first-order valence-electron chi connectivity index (χ1n) is 8.35. The van der Waals surface area contributed by atoms with Crippen LogP contribution in [0.3, 0.4) is 0 Å². The van der Waals surface area contributed by atoms with E-state index in [9.17, 15) is 14.4 Å². The van der Waals surface area contributed by atoms with Gasteiger partial charge in [-0.15, -0.1) is 0 Å². The highest BCUT2D eigenvalue weighted by Gasteiger charge is 2.24. The van der Waals surface area contributed by atoms with Crippen LogP contribution in [0.4, 0.5) is 5.69 Å². The number of fused-ring (bicyclic) bond motifs is 1. The van der Waals surface area contributed by atoms with Crippen LogP contribution in [0.1, 0.15) is 44.7 Å². The summed E-state index contributed by atoms with van der Waals surface area (Å²) in [4.78, 5) is 36.1. The van der Waals surface area contributed by atoms with Gasteiger partial charge in [0.05, 0.1) is 0 Å². The van der Waals surface area contributed by atoms with E-state index in [-0.39, 0.29) is 17.6 Å². The second kappa shape index (κ2) is 7.30. The fourth-order valence-electron chi connectivity index (χ4n) is 3.13. The van der Waals surface area contributed by atoms with Gasteiger partial charge in [0, 0.05) is 36.7 Å². The van der Waals surface area contributed by atoms with Crippen LogP contribution in [0, 0.1) is 0 Å². The lowest BCUT2D eigenvalue weighted by atomic mass is 10.0. The molecule has 0 saturated carbocycles. The van der Waals surface area contributed by atoms with Crippen LogP contribution in [0.15, 0.2) is 42.5 Å². The quantitative estimate of drug-likeness (QED) is 0.881. The van der Waals surface area contributed by atoms with E-state index in [1.165, 1.54) is 0 Å². The molecule has 0 unspecified atom stereocenters. The molecule has 0 atom stereocenters. The van der Waals surface area contributed by atoms with Crippen LogP contribution in [-0.4, -0.2) is 24.6 Å². The van der Waals surface area contributed by atoms with Crippen molar-refractivity contribution >= 4 is 23.3 Å². The van der Waals surface area contributed by atoms with Crippen molar-refractivity contribution < 1.29 is 14.4 Å². The minimum absolute atomic E-state index is 0.0412. The minimum atomic E-state index is -0.223. The van der Waals surface area contributed by atoms with Gasteiger partial charge in [-0.05, 0) is 36.1 Å². The van der Waals surface area contributed by atoms with E-state index >= 15 is 0 Å². The van der Waals surface area contributed by atoms with Crippen LogP contribution in [-0.2, 0) is 17.6 Å². The molecule has 0 bridgehead atoms.